The maximum absolute atomic E-state index is 4.20. The standard InChI is InChI=1S/C55H93N3S/c1-55(2)48-33-41(47-36-46(47)38-25-23-37(24-26-38)40-27-30-50-53(34-40)59-54(56-50)39-15-7-3-8-16-39)28-31-51(48)58(44-21-13-6-14-22-44)52-32-29-45(35-49(52)55)57(42-17-9-4-10-18-42)43-19-11-5-12-20-43/h37-54,56H,3-36H2,1-2H3. The van der Waals surface area contributed by atoms with Gasteiger partial charge in [0.2, 0.25) is 0 Å². The predicted molar refractivity (Wildman–Crippen MR) is 251 cm³/mol. The van der Waals surface area contributed by atoms with Crippen molar-refractivity contribution >= 4 is 11.8 Å². The summed E-state index contributed by atoms with van der Waals surface area (Å²) in [6, 6.07) is 6.19. The number of hydrogen-bond acceptors (Lipinski definition) is 4. The molecule has 2 heterocycles. The minimum Gasteiger partial charge on any atom is -0.301 e. The van der Waals surface area contributed by atoms with Crippen LogP contribution in [-0.4, -0.2) is 62.7 Å². The van der Waals surface area contributed by atoms with Gasteiger partial charge in [-0.3, -0.25) is 9.80 Å². The summed E-state index contributed by atoms with van der Waals surface area (Å²) in [5.74, 6) is 9.24. The Labute approximate surface area is 369 Å². The molecule has 4 heteroatoms. The number of likely N-dealkylation sites (tertiary alicyclic amines) is 1. The maximum Gasteiger partial charge on any atom is 0.0566 e. The zero-order chi connectivity index (χ0) is 39.5. The van der Waals surface area contributed by atoms with Crippen LogP contribution in [-0.2, 0) is 0 Å². The molecule has 11 fully saturated rings. The summed E-state index contributed by atoms with van der Waals surface area (Å²) < 4.78 is 0. The third-order valence-electron chi connectivity index (χ3n) is 21.9. The van der Waals surface area contributed by atoms with Crippen molar-refractivity contribution < 1.29 is 0 Å². The van der Waals surface area contributed by atoms with Crippen LogP contribution < -0.4 is 5.32 Å². The second kappa shape index (κ2) is 18.2. The summed E-state index contributed by atoms with van der Waals surface area (Å²) >= 11 is 2.42. The molecule has 9 aliphatic carbocycles. The average molecular weight is 828 g/mol. The lowest BCUT2D eigenvalue weighted by atomic mass is 9.52. The first-order chi connectivity index (χ1) is 29.0. The molecule has 2 saturated heterocycles. The highest BCUT2D eigenvalue weighted by atomic mass is 32.2. The van der Waals surface area contributed by atoms with Gasteiger partial charge >= 0.3 is 0 Å². The zero-order valence-electron chi connectivity index (χ0n) is 38.7. The van der Waals surface area contributed by atoms with Crippen LogP contribution in [0.2, 0.25) is 0 Å². The second-order valence-corrected chi connectivity index (χ2v) is 26.4. The molecule has 0 radical (unpaired) electrons. The molecule has 12 unspecified atom stereocenters. The number of nitrogens with zero attached hydrogens (tertiary/aromatic N) is 2. The first-order valence-electron chi connectivity index (χ1n) is 28.0. The van der Waals surface area contributed by atoms with E-state index in [1.54, 1.807) is 57.8 Å². The Morgan fingerprint density at radius 3 is 1.66 bits per heavy atom. The highest BCUT2D eigenvalue weighted by Gasteiger charge is 2.60. The van der Waals surface area contributed by atoms with E-state index in [1.165, 1.54) is 161 Å². The van der Waals surface area contributed by atoms with Gasteiger partial charge in [0.05, 0.1) is 5.37 Å². The molecule has 0 aromatic carbocycles. The van der Waals surface area contributed by atoms with Gasteiger partial charge in [-0.25, -0.2) is 0 Å². The monoisotopic (exact) mass is 828 g/mol. The van der Waals surface area contributed by atoms with Gasteiger partial charge < -0.3 is 5.32 Å². The topological polar surface area (TPSA) is 18.5 Å². The number of hydrogen-bond donors (Lipinski definition) is 1. The van der Waals surface area contributed by atoms with Crippen LogP contribution in [0.15, 0.2) is 0 Å². The molecule has 59 heavy (non-hydrogen) atoms. The number of nitrogens with one attached hydrogen (secondary N) is 1. The van der Waals surface area contributed by atoms with Gasteiger partial charge in [-0.15, -0.1) is 11.8 Å². The average Bonchev–Trinajstić information content (AvgIpc) is 3.98. The Hall–Kier alpha value is 0.230. The smallest absolute Gasteiger partial charge is 0.0566 e. The van der Waals surface area contributed by atoms with E-state index in [0.717, 1.165) is 106 Å². The normalized spacial score (nSPS) is 47.0. The van der Waals surface area contributed by atoms with Gasteiger partial charge in [-0.1, -0.05) is 90.9 Å². The number of thioether (sulfide) groups is 1. The van der Waals surface area contributed by atoms with Crippen LogP contribution in [0.1, 0.15) is 232 Å². The molecule has 11 rings (SSSR count). The first-order valence-corrected chi connectivity index (χ1v) is 28.9. The molecule has 1 N–H and O–H groups in total. The summed E-state index contributed by atoms with van der Waals surface area (Å²) in [5, 5.41) is 5.92. The molecule has 0 amide bonds. The van der Waals surface area contributed by atoms with Crippen LogP contribution in [0.5, 0.6) is 0 Å². The van der Waals surface area contributed by atoms with E-state index in [1.807, 2.05) is 0 Å². The fourth-order valence-corrected chi connectivity index (χ4v) is 20.7. The van der Waals surface area contributed by atoms with E-state index >= 15 is 0 Å². The van der Waals surface area contributed by atoms with Crippen LogP contribution in [0.3, 0.4) is 0 Å². The third kappa shape index (κ3) is 8.49. The van der Waals surface area contributed by atoms with Crippen molar-refractivity contribution in [2.75, 3.05) is 0 Å². The van der Waals surface area contributed by atoms with Crippen molar-refractivity contribution in [3.63, 3.8) is 0 Å². The van der Waals surface area contributed by atoms with E-state index in [-0.39, 0.29) is 0 Å². The summed E-state index contributed by atoms with van der Waals surface area (Å²) in [4.78, 5) is 6.69. The quantitative estimate of drug-likeness (QED) is 0.263. The van der Waals surface area contributed by atoms with E-state index < -0.39 is 0 Å². The Morgan fingerprint density at radius 2 is 0.983 bits per heavy atom. The van der Waals surface area contributed by atoms with E-state index in [2.05, 4.69) is 40.7 Å². The minimum atomic E-state index is 0.494. The van der Waals surface area contributed by atoms with Gasteiger partial charge in [-0.2, -0.15) is 0 Å². The van der Waals surface area contributed by atoms with Gasteiger partial charge in [-0.05, 0) is 200 Å². The predicted octanol–water partition coefficient (Wildman–Crippen LogP) is 14.2. The van der Waals surface area contributed by atoms with Crippen LogP contribution >= 0.6 is 11.8 Å². The number of rotatable bonds is 8. The summed E-state index contributed by atoms with van der Waals surface area (Å²) in [7, 11) is 0. The van der Waals surface area contributed by atoms with Gasteiger partial charge in [0, 0.05) is 47.5 Å². The van der Waals surface area contributed by atoms with Gasteiger partial charge in [0.15, 0.2) is 0 Å². The Morgan fingerprint density at radius 1 is 0.441 bits per heavy atom. The molecule has 11 aliphatic rings. The summed E-state index contributed by atoms with van der Waals surface area (Å²) in [6.07, 6.45) is 51.9. The van der Waals surface area contributed by atoms with E-state index in [4.69, 9.17) is 0 Å². The first kappa shape index (κ1) is 41.9. The summed E-state index contributed by atoms with van der Waals surface area (Å²) in [6.45, 7) is 5.73. The van der Waals surface area contributed by atoms with E-state index in [0.29, 0.717) is 5.41 Å². The van der Waals surface area contributed by atoms with Crippen LogP contribution in [0.4, 0.5) is 0 Å². The van der Waals surface area contributed by atoms with Crippen molar-refractivity contribution in [3.05, 3.63) is 0 Å². The highest BCUT2D eigenvalue weighted by Crippen LogP contribution is 2.63. The lowest BCUT2D eigenvalue weighted by Gasteiger charge is -2.65. The molecule has 9 saturated carbocycles. The fourth-order valence-electron chi connectivity index (χ4n) is 18.8. The Bertz CT molecular complexity index is 1330. The van der Waals surface area contributed by atoms with Gasteiger partial charge in [0.1, 0.15) is 0 Å². The SMILES string of the molecule is CC1(C)C2CC(C3CC3C3CCC(C4CCC5NC(C6CCCCC6)SC5C4)CC3)CCC2N(C2CCCCC2)C2CCC(N(C3CCCCC3)C3CCCCC3)CC21. The lowest BCUT2D eigenvalue weighted by molar-refractivity contribution is -0.161. The highest BCUT2D eigenvalue weighted by molar-refractivity contribution is 8.00. The van der Waals surface area contributed by atoms with Crippen LogP contribution in [0.25, 0.3) is 0 Å². The fraction of sp³-hybridized carbons (Fsp3) is 1.00. The molecular weight excluding hydrogens is 735 g/mol. The molecule has 0 aromatic rings. The summed E-state index contributed by atoms with van der Waals surface area (Å²) in [5.41, 5.74) is 0.494. The molecule has 3 nitrogen and oxygen atoms in total. The molecule has 0 spiro atoms. The number of piperidine rings is 1. The number of fused-ring (bicyclic) bond motifs is 3. The lowest BCUT2D eigenvalue weighted by Crippen LogP contribution is -2.68. The van der Waals surface area contributed by atoms with Crippen molar-refractivity contribution in [3.8, 4) is 0 Å². The third-order valence-corrected chi connectivity index (χ3v) is 23.6. The van der Waals surface area contributed by atoms with E-state index in [9.17, 15) is 0 Å². The largest absolute Gasteiger partial charge is 0.301 e. The molecular formula is C55H93N3S. The Balaban J connectivity index is 0.737. The van der Waals surface area contributed by atoms with Crippen molar-refractivity contribution in [1.29, 1.82) is 0 Å². The van der Waals surface area contributed by atoms with Gasteiger partial charge in [0.25, 0.3) is 0 Å². The molecule has 334 valence electrons. The molecule has 0 bridgehead atoms. The van der Waals surface area contributed by atoms with Crippen molar-refractivity contribution in [2.24, 2.45) is 58.7 Å². The Kier molecular flexibility index (Phi) is 13.0. The molecule has 2 aliphatic heterocycles. The minimum absolute atomic E-state index is 0.494. The van der Waals surface area contributed by atoms with Crippen molar-refractivity contribution in [1.82, 2.24) is 15.1 Å². The molecule has 12 atom stereocenters. The van der Waals surface area contributed by atoms with Crippen molar-refractivity contribution in [2.45, 2.75) is 285 Å². The maximum atomic E-state index is 4.20. The second-order valence-electron chi connectivity index (χ2n) is 25.1. The zero-order valence-corrected chi connectivity index (χ0v) is 39.6. The van der Waals surface area contributed by atoms with Crippen LogP contribution in [0, 0.1) is 58.7 Å². The molecule has 0 aromatic heterocycles.